The van der Waals surface area contributed by atoms with Gasteiger partial charge in [0, 0.05) is 12.1 Å². The van der Waals surface area contributed by atoms with Gasteiger partial charge in [-0.3, -0.25) is 9.59 Å². The molecule has 0 atom stereocenters. The molecule has 0 radical (unpaired) electrons. The second-order valence-corrected chi connectivity index (χ2v) is 6.28. The van der Waals surface area contributed by atoms with Crippen molar-refractivity contribution in [1.82, 2.24) is 0 Å². The molecule has 22 heavy (non-hydrogen) atoms. The number of rotatable bonds is 6. The third kappa shape index (κ3) is 3.27. The van der Waals surface area contributed by atoms with Crippen molar-refractivity contribution in [2.45, 2.75) is 45.6 Å². The van der Waals surface area contributed by atoms with Gasteiger partial charge in [0.1, 0.15) is 5.75 Å². The number of ether oxygens (including phenoxy) is 1. The van der Waals surface area contributed by atoms with Crippen LogP contribution in [0.4, 0.5) is 5.69 Å². The smallest absolute Gasteiger partial charge is 0.270 e. The van der Waals surface area contributed by atoms with E-state index in [1.165, 1.54) is 0 Å². The molecule has 0 bridgehead atoms. The zero-order valence-corrected chi connectivity index (χ0v) is 14.1. The van der Waals surface area contributed by atoms with Crippen LogP contribution in [-0.4, -0.2) is 29.7 Å². The topological polar surface area (TPSA) is 46.6 Å². The minimum atomic E-state index is -0.892. The zero-order chi connectivity index (χ0) is 16.3. The normalized spacial score (nSPS) is 16.2. The third-order valence-electron chi connectivity index (χ3n) is 3.80. The molecule has 1 amide bonds. The van der Waals surface area contributed by atoms with E-state index in [2.05, 4.69) is 6.92 Å². The fourth-order valence-corrected chi connectivity index (χ4v) is 2.71. The highest BCUT2D eigenvalue weighted by atomic mass is 35.5. The first-order chi connectivity index (χ1) is 10.4. The largest absolute Gasteiger partial charge is 0.476 e. The molecule has 0 saturated carbocycles. The SMILES string of the molecule is CCCCCN1C(=O)C(C)(C)Oc2ccc(C(=O)CCl)cc21. The summed E-state index contributed by atoms with van der Waals surface area (Å²) in [4.78, 5) is 26.2. The molecule has 0 fully saturated rings. The number of carbonyl (C=O) groups excluding carboxylic acids is 2. The molecule has 1 heterocycles. The van der Waals surface area contributed by atoms with Gasteiger partial charge in [-0.2, -0.15) is 0 Å². The van der Waals surface area contributed by atoms with Crippen LogP contribution < -0.4 is 9.64 Å². The molecule has 2 rings (SSSR count). The maximum Gasteiger partial charge on any atom is 0.270 e. The van der Waals surface area contributed by atoms with Gasteiger partial charge in [-0.05, 0) is 38.5 Å². The summed E-state index contributed by atoms with van der Waals surface area (Å²) in [5.74, 6) is 0.323. The lowest BCUT2D eigenvalue weighted by molar-refractivity contribution is -0.132. The first-order valence-corrected chi connectivity index (χ1v) is 8.18. The molecule has 0 saturated heterocycles. The molecule has 0 unspecified atom stereocenters. The van der Waals surface area contributed by atoms with Crippen LogP contribution in [0.25, 0.3) is 0 Å². The van der Waals surface area contributed by atoms with E-state index in [1.54, 1.807) is 36.9 Å². The van der Waals surface area contributed by atoms with Gasteiger partial charge in [-0.1, -0.05) is 19.8 Å². The third-order valence-corrected chi connectivity index (χ3v) is 4.05. The van der Waals surface area contributed by atoms with Gasteiger partial charge < -0.3 is 9.64 Å². The molecular formula is C17H22ClNO3. The van der Waals surface area contributed by atoms with E-state index in [1.807, 2.05) is 0 Å². The number of carbonyl (C=O) groups is 2. The van der Waals surface area contributed by atoms with Gasteiger partial charge in [0.15, 0.2) is 11.4 Å². The number of amides is 1. The zero-order valence-electron chi connectivity index (χ0n) is 13.3. The number of unbranched alkanes of at least 4 members (excludes halogenated alkanes) is 2. The summed E-state index contributed by atoms with van der Waals surface area (Å²) in [6.07, 6.45) is 3.06. The van der Waals surface area contributed by atoms with Gasteiger partial charge in [0.2, 0.25) is 0 Å². The Balaban J connectivity index is 2.39. The standard InChI is InChI=1S/C17H22ClNO3/c1-4-5-6-9-19-13-10-12(14(20)11-18)7-8-15(13)22-17(2,3)16(19)21/h7-8,10H,4-6,9,11H2,1-3H3. The van der Waals surface area contributed by atoms with Gasteiger partial charge in [0.25, 0.3) is 5.91 Å². The van der Waals surface area contributed by atoms with Crippen molar-refractivity contribution in [3.8, 4) is 5.75 Å². The molecule has 5 heteroatoms. The Kier molecular flexibility index (Phi) is 5.12. The van der Waals surface area contributed by atoms with Crippen molar-refractivity contribution >= 4 is 29.0 Å². The molecule has 120 valence electrons. The van der Waals surface area contributed by atoms with Crippen molar-refractivity contribution in [2.24, 2.45) is 0 Å². The second-order valence-electron chi connectivity index (χ2n) is 6.02. The van der Waals surface area contributed by atoms with Crippen LogP contribution in [0.1, 0.15) is 50.4 Å². The lowest BCUT2D eigenvalue weighted by Crippen LogP contribution is -2.52. The number of benzene rings is 1. The van der Waals surface area contributed by atoms with Crippen LogP contribution in [0, 0.1) is 0 Å². The molecule has 0 aliphatic carbocycles. The first kappa shape index (κ1) is 16.8. The summed E-state index contributed by atoms with van der Waals surface area (Å²) in [6.45, 7) is 6.28. The van der Waals surface area contributed by atoms with Crippen molar-refractivity contribution < 1.29 is 14.3 Å². The molecule has 1 aliphatic rings. The number of halogens is 1. The van der Waals surface area contributed by atoms with Gasteiger partial charge >= 0.3 is 0 Å². The van der Waals surface area contributed by atoms with E-state index >= 15 is 0 Å². The number of nitrogens with zero attached hydrogens (tertiary/aromatic N) is 1. The Morgan fingerprint density at radius 3 is 2.68 bits per heavy atom. The highest BCUT2D eigenvalue weighted by Crippen LogP contribution is 2.38. The molecule has 0 spiro atoms. The van der Waals surface area contributed by atoms with E-state index < -0.39 is 5.60 Å². The van der Waals surface area contributed by atoms with Crippen molar-refractivity contribution in [3.63, 3.8) is 0 Å². The highest BCUT2D eigenvalue weighted by Gasteiger charge is 2.40. The number of hydrogen-bond donors (Lipinski definition) is 0. The summed E-state index contributed by atoms with van der Waals surface area (Å²) in [6, 6.07) is 5.15. The molecule has 1 aromatic rings. The Bertz CT molecular complexity index is 583. The van der Waals surface area contributed by atoms with Crippen molar-refractivity contribution in [1.29, 1.82) is 0 Å². The number of anilines is 1. The van der Waals surface area contributed by atoms with Gasteiger partial charge in [0.05, 0.1) is 11.6 Å². The first-order valence-electron chi connectivity index (χ1n) is 7.65. The maximum atomic E-state index is 12.6. The van der Waals surface area contributed by atoms with Gasteiger partial charge in [-0.15, -0.1) is 11.6 Å². The van der Waals surface area contributed by atoms with Crippen LogP contribution in [-0.2, 0) is 4.79 Å². The molecule has 1 aliphatic heterocycles. The minimum Gasteiger partial charge on any atom is -0.476 e. The Labute approximate surface area is 136 Å². The number of Topliss-reactive ketones (excluding diaryl/α,β-unsaturated/α-hetero) is 1. The van der Waals surface area contributed by atoms with E-state index in [4.69, 9.17) is 16.3 Å². The minimum absolute atomic E-state index is 0.0745. The van der Waals surface area contributed by atoms with E-state index in [0.29, 0.717) is 23.5 Å². The molecule has 4 nitrogen and oxygen atoms in total. The van der Waals surface area contributed by atoms with Crippen LogP contribution in [0.3, 0.4) is 0 Å². The van der Waals surface area contributed by atoms with Crippen LogP contribution in [0.15, 0.2) is 18.2 Å². The van der Waals surface area contributed by atoms with E-state index in [-0.39, 0.29) is 17.6 Å². The van der Waals surface area contributed by atoms with Crippen LogP contribution in [0.2, 0.25) is 0 Å². The molecule has 1 aromatic carbocycles. The fraction of sp³-hybridized carbons (Fsp3) is 0.529. The maximum absolute atomic E-state index is 12.6. The average Bonchev–Trinajstić information content (AvgIpc) is 2.49. The highest BCUT2D eigenvalue weighted by molar-refractivity contribution is 6.30. The quantitative estimate of drug-likeness (QED) is 0.454. The monoisotopic (exact) mass is 323 g/mol. The summed E-state index contributed by atoms with van der Waals surface area (Å²) in [5.41, 5.74) is 0.277. The number of hydrogen-bond acceptors (Lipinski definition) is 3. The van der Waals surface area contributed by atoms with Crippen molar-refractivity contribution in [2.75, 3.05) is 17.3 Å². The lowest BCUT2D eigenvalue weighted by Gasteiger charge is -2.39. The second kappa shape index (κ2) is 6.69. The summed E-state index contributed by atoms with van der Waals surface area (Å²) in [7, 11) is 0. The molecule has 0 aromatic heterocycles. The van der Waals surface area contributed by atoms with E-state index in [0.717, 1.165) is 19.3 Å². The fourth-order valence-electron chi connectivity index (χ4n) is 2.56. The number of alkyl halides is 1. The number of ketones is 1. The van der Waals surface area contributed by atoms with Gasteiger partial charge in [-0.25, -0.2) is 0 Å². The predicted octanol–water partition coefficient (Wildman–Crippen LogP) is 3.80. The summed E-state index contributed by atoms with van der Waals surface area (Å²) in [5, 5.41) is 0. The molecule has 0 N–H and O–H groups in total. The average molecular weight is 324 g/mol. The lowest BCUT2D eigenvalue weighted by atomic mass is 10.0. The predicted molar refractivity (Wildman–Crippen MR) is 88.1 cm³/mol. The Morgan fingerprint density at radius 1 is 1.32 bits per heavy atom. The molecular weight excluding hydrogens is 302 g/mol. The Morgan fingerprint density at radius 2 is 2.05 bits per heavy atom. The van der Waals surface area contributed by atoms with E-state index in [9.17, 15) is 9.59 Å². The van der Waals surface area contributed by atoms with Crippen LogP contribution >= 0.6 is 11.6 Å². The van der Waals surface area contributed by atoms with Crippen LogP contribution in [0.5, 0.6) is 5.75 Å². The summed E-state index contributed by atoms with van der Waals surface area (Å²) < 4.78 is 5.80. The van der Waals surface area contributed by atoms with Crippen molar-refractivity contribution in [3.05, 3.63) is 23.8 Å². The Hall–Kier alpha value is -1.55. The number of fused-ring (bicyclic) bond motifs is 1. The summed E-state index contributed by atoms with van der Waals surface area (Å²) >= 11 is 5.62.